The fraction of sp³-hybridized carbons (Fsp3) is 0.174. The van der Waals surface area contributed by atoms with Crippen LogP contribution in [-0.2, 0) is 19.7 Å². The molecule has 0 unspecified atom stereocenters. The second-order valence-corrected chi connectivity index (χ2v) is 7.97. The fourth-order valence-corrected chi connectivity index (χ4v) is 3.65. The van der Waals surface area contributed by atoms with E-state index in [-0.39, 0.29) is 5.91 Å². The molecule has 0 spiro atoms. The second kappa shape index (κ2) is 9.37. The number of aryl methyl sites for hydroxylation is 1. The maximum Gasteiger partial charge on any atom is 0.251 e. The maximum absolute atomic E-state index is 12.5. The highest BCUT2D eigenvalue weighted by Gasteiger charge is 2.07. The number of rotatable bonds is 8. The Morgan fingerprint density at radius 1 is 1.17 bits per heavy atom. The van der Waals surface area contributed by atoms with Gasteiger partial charge in [0.05, 0.1) is 17.0 Å². The molecule has 152 valence electrons. The van der Waals surface area contributed by atoms with Crippen LogP contribution in [-0.4, -0.2) is 20.4 Å². The molecule has 0 radical (unpaired) electrons. The summed E-state index contributed by atoms with van der Waals surface area (Å²) >= 11 is 1.60. The number of hydrogen-bond donors (Lipinski definition) is 1. The van der Waals surface area contributed by atoms with Crippen LogP contribution in [0.5, 0.6) is 5.75 Å². The molecule has 0 aliphatic carbocycles. The number of nitrogens with zero attached hydrogens (tertiary/aromatic N) is 3. The minimum Gasteiger partial charge on any atom is -0.487 e. The molecule has 30 heavy (non-hydrogen) atoms. The molecule has 1 amide bonds. The predicted octanol–water partition coefficient (Wildman–Crippen LogP) is 4.21. The number of thiazole rings is 1. The van der Waals surface area contributed by atoms with Gasteiger partial charge in [0.1, 0.15) is 12.4 Å². The smallest absolute Gasteiger partial charge is 0.251 e. The monoisotopic (exact) mass is 418 g/mol. The van der Waals surface area contributed by atoms with Crippen molar-refractivity contribution in [2.75, 3.05) is 0 Å². The van der Waals surface area contributed by atoms with Gasteiger partial charge >= 0.3 is 0 Å². The van der Waals surface area contributed by atoms with Crippen LogP contribution in [0.3, 0.4) is 0 Å². The van der Waals surface area contributed by atoms with E-state index in [4.69, 9.17) is 4.74 Å². The van der Waals surface area contributed by atoms with Crippen LogP contribution in [0, 0.1) is 6.92 Å². The van der Waals surface area contributed by atoms with Gasteiger partial charge in [0, 0.05) is 36.4 Å². The van der Waals surface area contributed by atoms with Gasteiger partial charge in [0.25, 0.3) is 5.91 Å². The first-order valence-corrected chi connectivity index (χ1v) is 10.5. The van der Waals surface area contributed by atoms with E-state index >= 15 is 0 Å². The molecule has 0 aliphatic rings. The van der Waals surface area contributed by atoms with Crippen molar-refractivity contribution in [1.82, 2.24) is 19.9 Å². The van der Waals surface area contributed by atoms with E-state index in [1.807, 2.05) is 35.2 Å². The van der Waals surface area contributed by atoms with E-state index in [1.54, 1.807) is 48.1 Å². The van der Waals surface area contributed by atoms with Gasteiger partial charge in [-0.05, 0) is 42.3 Å². The minimum atomic E-state index is -0.114. The third kappa shape index (κ3) is 5.33. The van der Waals surface area contributed by atoms with E-state index in [0.29, 0.717) is 24.5 Å². The molecule has 0 atom stereocenters. The molecular formula is C23H22N4O2S. The van der Waals surface area contributed by atoms with Crippen LogP contribution >= 0.6 is 11.3 Å². The Labute approximate surface area is 179 Å². The Balaban J connectivity index is 1.29. The lowest BCUT2D eigenvalue weighted by molar-refractivity contribution is 0.0951. The van der Waals surface area contributed by atoms with Crippen LogP contribution in [0.2, 0.25) is 0 Å². The highest BCUT2D eigenvalue weighted by Crippen LogP contribution is 2.16. The first-order chi connectivity index (χ1) is 14.7. The number of amides is 1. The molecule has 4 rings (SSSR count). The Hall–Kier alpha value is -3.45. The van der Waals surface area contributed by atoms with Crippen LogP contribution in [0.1, 0.15) is 32.2 Å². The van der Waals surface area contributed by atoms with Crippen LogP contribution in [0.15, 0.2) is 72.6 Å². The molecule has 0 fully saturated rings. The van der Waals surface area contributed by atoms with Gasteiger partial charge in [-0.2, -0.15) is 0 Å². The van der Waals surface area contributed by atoms with E-state index < -0.39 is 0 Å². The SMILES string of the molecule is Cc1nc(COc2ccc(C(=O)NCc3cccc(Cn4ccnc4)c3)cc2)cs1. The zero-order valence-corrected chi connectivity index (χ0v) is 17.4. The topological polar surface area (TPSA) is 69.0 Å². The van der Waals surface area contributed by atoms with Crippen LogP contribution < -0.4 is 10.1 Å². The van der Waals surface area contributed by atoms with Gasteiger partial charge in [-0.25, -0.2) is 9.97 Å². The quantitative estimate of drug-likeness (QED) is 0.466. The van der Waals surface area contributed by atoms with Gasteiger partial charge < -0.3 is 14.6 Å². The van der Waals surface area contributed by atoms with Crippen molar-refractivity contribution < 1.29 is 9.53 Å². The molecule has 0 bridgehead atoms. The number of nitrogens with one attached hydrogen (secondary N) is 1. The number of carbonyl (C=O) groups is 1. The molecule has 6 nitrogen and oxygen atoms in total. The van der Waals surface area contributed by atoms with E-state index in [2.05, 4.69) is 27.4 Å². The highest BCUT2D eigenvalue weighted by molar-refractivity contribution is 7.09. The summed E-state index contributed by atoms with van der Waals surface area (Å²) in [5, 5.41) is 5.98. The normalized spacial score (nSPS) is 10.7. The van der Waals surface area contributed by atoms with Gasteiger partial charge in [-0.15, -0.1) is 11.3 Å². The van der Waals surface area contributed by atoms with Gasteiger partial charge in [0.2, 0.25) is 0 Å². The fourth-order valence-electron chi connectivity index (χ4n) is 3.05. The van der Waals surface area contributed by atoms with Crippen molar-refractivity contribution >= 4 is 17.2 Å². The summed E-state index contributed by atoms with van der Waals surface area (Å²) in [5.41, 5.74) is 3.73. The molecule has 7 heteroatoms. The van der Waals surface area contributed by atoms with Crippen LogP contribution in [0.4, 0.5) is 0 Å². The van der Waals surface area contributed by atoms with Crippen molar-refractivity contribution in [3.05, 3.63) is 100 Å². The molecule has 0 saturated heterocycles. The molecule has 2 aromatic heterocycles. The van der Waals surface area contributed by atoms with Crippen molar-refractivity contribution in [1.29, 1.82) is 0 Å². The zero-order chi connectivity index (χ0) is 20.8. The number of hydrogen-bond acceptors (Lipinski definition) is 5. The van der Waals surface area contributed by atoms with Crippen molar-refractivity contribution in [3.63, 3.8) is 0 Å². The number of carbonyl (C=O) groups excluding carboxylic acids is 1. The lowest BCUT2D eigenvalue weighted by atomic mass is 10.1. The zero-order valence-electron chi connectivity index (χ0n) is 16.6. The third-order valence-electron chi connectivity index (χ3n) is 4.54. The number of ether oxygens (including phenoxy) is 1. The molecule has 2 heterocycles. The average molecular weight is 419 g/mol. The lowest BCUT2D eigenvalue weighted by Crippen LogP contribution is -2.22. The minimum absolute atomic E-state index is 0.114. The van der Waals surface area contributed by atoms with Gasteiger partial charge in [-0.3, -0.25) is 4.79 Å². The summed E-state index contributed by atoms with van der Waals surface area (Å²) in [5.74, 6) is 0.598. The van der Waals surface area contributed by atoms with E-state index in [0.717, 1.165) is 28.4 Å². The summed E-state index contributed by atoms with van der Waals surface area (Å²) in [6.45, 7) is 3.62. The summed E-state index contributed by atoms with van der Waals surface area (Å²) in [6, 6.07) is 15.3. The number of imidazole rings is 1. The molecule has 0 aliphatic heterocycles. The first-order valence-electron chi connectivity index (χ1n) is 9.61. The molecule has 2 aromatic carbocycles. The van der Waals surface area contributed by atoms with Gasteiger partial charge in [-0.1, -0.05) is 24.3 Å². The number of benzene rings is 2. The lowest BCUT2D eigenvalue weighted by Gasteiger charge is -2.09. The second-order valence-electron chi connectivity index (χ2n) is 6.91. The Bertz CT molecular complexity index is 1100. The average Bonchev–Trinajstić information content (AvgIpc) is 3.43. The summed E-state index contributed by atoms with van der Waals surface area (Å²) in [4.78, 5) is 20.9. The predicted molar refractivity (Wildman–Crippen MR) is 117 cm³/mol. The van der Waals surface area contributed by atoms with Crippen molar-refractivity contribution in [2.45, 2.75) is 26.6 Å². The number of aromatic nitrogens is 3. The van der Waals surface area contributed by atoms with E-state index in [9.17, 15) is 4.79 Å². The standard InChI is InChI=1S/C23H22N4O2S/c1-17-26-21(15-30-17)14-29-22-7-5-20(6-8-22)23(28)25-12-18-3-2-4-19(11-18)13-27-10-9-24-16-27/h2-11,15-16H,12-14H2,1H3,(H,25,28). The van der Waals surface area contributed by atoms with Crippen LogP contribution in [0.25, 0.3) is 0 Å². The van der Waals surface area contributed by atoms with Gasteiger partial charge in [0.15, 0.2) is 0 Å². The van der Waals surface area contributed by atoms with E-state index in [1.165, 1.54) is 0 Å². The van der Waals surface area contributed by atoms with Crippen molar-refractivity contribution in [2.24, 2.45) is 0 Å². The molecule has 4 aromatic rings. The highest BCUT2D eigenvalue weighted by atomic mass is 32.1. The Kier molecular flexibility index (Phi) is 6.20. The van der Waals surface area contributed by atoms with Crippen molar-refractivity contribution in [3.8, 4) is 5.75 Å². The maximum atomic E-state index is 12.5. The molecule has 0 saturated carbocycles. The Morgan fingerprint density at radius 3 is 2.73 bits per heavy atom. The first kappa shape index (κ1) is 19.8. The Morgan fingerprint density at radius 2 is 2.00 bits per heavy atom. The summed E-state index contributed by atoms with van der Waals surface area (Å²) in [7, 11) is 0. The molecule has 1 N–H and O–H groups in total. The molecular weight excluding hydrogens is 396 g/mol. The third-order valence-corrected chi connectivity index (χ3v) is 5.36. The summed E-state index contributed by atoms with van der Waals surface area (Å²) < 4.78 is 7.74. The largest absolute Gasteiger partial charge is 0.487 e. The summed E-state index contributed by atoms with van der Waals surface area (Å²) in [6.07, 6.45) is 5.49.